The van der Waals surface area contributed by atoms with Crippen molar-refractivity contribution in [2.75, 3.05) is 25.6 Å². The zero-order valence-electron chi connectivity index (χ0n) is 15.6. The number of anilines is 1. The van der Waals surface area contributed by atoms with Crippen molar-refractivity contribution in [3.63, 3.8) is 0 Å². The molecule has 0 saturated carbocycles. The Hall–Kier alpha value is -2.73. The molecule has 0 spiro atoms. The Kier molecular flexibility index (Phi) is 7.49. The lowest BCUT2D eigenvalue weighted by Crippen LogP contribution is -2.31. The fourth-order valence-corrected chi connectivity index (χ4v) is 2.87. The Morgan fingerprint density at radius 2 is 1.70 bits per heavy atom. The average molecular weight is 391 g/mol. The number of aryl methyl sites for hydroxylation is 2. The van der Waals surface area contributed by atoms with E-state index in [1.54, 1.807) is 37.4 Å². The minimum atomic E-state index is -0.419. The number of amides is 2. The predicted molar refractivity (Wildman–Crippen MR) is 106 cm³/mol. The largest absolute Gasteiger partial charge is 0.497 e. The molecule has 7 heteroatoms. The number of ether oxygens (including phenoxy) is 2. The van der Waals surface area contributed by atoms with Gasteiger partial charge >= 0.3 is 0 Å². The van der Waals surface area contributed by atoms with Crippen molar-refractivity contribution < 1.29 is 19.1 Å². The van der Waals surface area contributed by atoms with E-state index < -0.39 is 5.91 Å². The first-order chi connectivity index (χ1) is 12.9. The summed E-state index contributed by atoms with van der Waals surface area (Å²) in [6, 6.07) is 10.8. The van der Waals surface area contributed by atoms with E-state index in [0.717, 1.165) is 16.9 Å². The van der Waals surface area contributed by atoms with E-state index >= 15 is 0 Å². The number of benzene rings is 2. The maximum atomic E-state index is 12.1. The van der Waals surface area contributed by atoms with Gasteiger partial charge in [0.15, 0.2) is 0 Å². The van der Waals surface area contributed by atoms with Gasteiger partial charge in [-0.25, -0.2) is 0 Å². The van der Waals surface area contributed by atoms with Crippen LogP contribution in [0.4, 0.5) is 5.69 Å². The molecule has 27 heavy (non-hydrogen) atoms. The van der Waals surface area contributed by atoms with Gasteiger partial charge in [0.25, 0.3) is 0 Å². The van der Waals surface area contributed by atoms with Crippen LogP contribution in [0.1, 0.15) is 17.5 Å². The Labute approximate surface area is 163 Å². The smallest absolute Gasteiger partial charge is 0.233 e. The first kappa shape index (κ1) is 20.6. The number of carbonyl (C=O) groups is 2. The third-order valence-electron chi connectivity index (χ3n) is 3.77. The Bertz CT molecular complexity index is 783. The van der Waals surface area contributed by atoms with E-state index in [9.17, 15) is 9.59 Å². The molecule has 0 unspecified atom stereocenters. The van der Waals surface area contributed by atoms with Crippen molar-refractivity contribution in [3.8, 4) is 11.5 Å². The lowest BCUT2D eigenvalue weighted by Gasteiger charge is -2.12. The molecule has 2 amide bonds. The van der Waals surface area contributed by atoms with Crippen LogP contribution in [0.25, 0.3) is 0 Å². The van der Waals surface area contributed by atoms with Gasteiger partial charge in [0.2, 0.25) is 11.8 Å². The van der Waals surface area contributed by atoms with Gasteiger partial charge < -0.3 is 20.1 Å². The van der Waals surface area contributed by atoms with Crippen molar-refractivity contribution >= 4 is 29.1 Å². The number of nitrogens with one attached hydrogen (secondary N) is 2. The van der Waals surface area contributed by atoms with Gasteiger partial charge in [-0.2, -0.15) is 0 Å². The number of methoxy groups -OCH3 is 1. The second-order valence-electron chi connectivity index (χ2n) is 6.04. The lowest BCUT2D eigenvalue weighted by atomic mass is 10.1. The summed E-state index contributed by atoms with van der Waals surface area (Å²) in [6.45, 7) is 4.36. The van der Waals surface area contributed by atoms with Crippen LogP contribution in [0.3, 0.4) is 0 Å². The van der Waals surface area contributed by atoms with E-state index in [1.165, 1.54) is 0 Å². The summed E-state index contributed by atoms with van der Waals surface area (Å²) in [5, 5.41) is 5.79. The first-order valence-electron chi connectivity index (χ1n) is 8.49. The molecule has 2 N–H and O–H groups in total. The zero-order chi connectivity index (χ0) is 19.8. The van der Waals surface area contributed by atoms with Crippen LogP contribution in [0.2, 0.25) is 5.02 Å². The van der Waals surface area contributed by atoms with Gasteiger partial charge in [-0.1, -0.05) is 17.7 Å². The average Bonchev–Trinajstić information content (AvgIpc) is 2.62. The molecule has 0 saturated heterocycles. The van der Waals surface area contributed by atoms with Crippen LogP contribution in [0.5, 0.6) is 11.5 Å². The molecule has 0 bridgehead atoms. The number of rotatable bonds is 8. The molecule has 0 aliphatic rings. The molecular weight excluding hydrogens is 368 g/mol. The normalized spacial score (nSPS) is 10.2. The number of carbonyl (C=O) groups excluding carboxylic acids is 2. The van der Waals surface area contributed by atoms with E-state index in [-0.39, 0.29) is 12.3 Å². The number of hydrogen-bond acceptors (Lipinski definition) is 4. The highest BCUT2D eigenvalue weighted by Crippen LogP contribution is 2.27. The Morgan fingerprint density at radius 1 is 1.04 bits per heavy atom. The highest BCUT2D eigenvalue weighted by molar-refractivity contribution is 6.34. The van der Waals surface area contributed by atoms with Crippen molar-refractivity contribution in [3.05, 3.63) is 52.5 Å². The maximum Gasteiger partial charge on any atom is 0.233 e. The second kappa shape index (κ2) is 9.83. The molecule has 0 aromatic heterocycles. The summed E-state index contributed by atoms with van der Waals surface area (Å²) in [5.41, 5.74) is 2.38. The van der Waals surface area contributed by atoms with E-state index in [2.05, 4.69) is 10.6 Å². The van der Waals surface area contributed by atoms with Crippen molar-refractivity contribution in [1.29, 1.82) is 0 Å². The third-order valence-corrected chi connectivity index (χ3v) is 4.07. The van der Waals surface area contributed by atoms with Crippen LogP contribution in [-0.2, 0) is 9.59 Å². The van der Waals surface area contributed by atoms with E-state index in [0.29, 0.717) is 29.6 Å². The summed E-state index contributed by atoms with van der Waals surface area (Å²) in [4.78, 5) is 23.9. The van der Waals surface area contributed by atoms with Crippen LogP contribution in [0.15, 0.2) is 36.4 Å². The fourth-order valence-electron chi connectivity index (χ4n) is 2.50. The highest BCUT2D eigenvalue weighted by Gasteiger charge is 2.13. The van der Waals surface area contributed by atoms with Gasteiger partial charge in [0.05, 0.1) is 24.4 Å². The van der Waals surface area contributed by atoms with E-state index in [4.69, 9.17) is 21.1 Å². The summed E-state index contributed by atoms with van der Waals surface area (Å²) in [6.07, 6.45) is -0.286. The monoisotopic (exact) mass is 390 g/mol. The first-order valence-corrected chi connectivity index (χ1v) is 8.87. The van der Waals surface area contributed by atoms with Gasteiger partial charge in [-0.3, -0.25) is 9.59 Å². The quantitative estimate of drug-likeness (QED) is 0.534. The summed E-state index contributed by atoms with van der Waals surface area (Å²) >= 11 is 6.16. The molecule has 144 valence electrons. The molecule has 0 radical (unpaired) electrons. The fraction of sp³-hybridized carbons (Fsp3) is 0.300. The Balaban J connectivity index is 1.73. The number of hydrogen-bond donors (Lipinski definition) is 2. The Morgan fingerprint density at radius 3 is 2.33 bits per heavy atom. The van der Waals surface area contributed by atoms with Crippen molar-refractivity contribution in [2.45, 2.75) is 20.3 Å². The molecule has 0 heterocycles. The SMILES string of the molecule is COc1ccc(OCCNC(=O)CC(=O)Nc2c(C)cc(C)cc2Cl)cc1. The molecule has 6 nitrogen and oxygen atoms in total. The lowest BCUT2D eigenvalue weighted by molar-refractivity contribution is -0.126. The minimum absolute atomic E-state index is 0.286. The van der Waals surface area contributed by atoms with Crippen LogP contribution in [-0.4, -0.2) is 32.1 Å². The summed E-state index contributed by atoms with van der Waals surface area (Å²) in [5.74, 6) is 0.613. The van der Waals surface area contributed by atoms with Gasteiger partial charge in [0.1, 0.15) is 24.5 Å². The standard InChI is InChI=1S/C20H23ClN2O4/c1-13-10-14(2)20(17(21)11-13)23-19(25)12-18(24)22-8-9-27-16-6-4-15(26-3)5-7-16/h4-7,10-11H,8-9,12H2,1-3H3,(H,22,24)(H,23,25). The van der Waals surface area contributed by atoms with Crippen LogP contribution in [0, 0.1) is 13.8 Å². The third kappa shape index (κ3) is 6.49. The molecule has 0 aliphatic carbocycles. The van der Waals surface area contributed by atoms with Crippen LogP contribution < -0.4 is 20.1 Å². The molecule has 0 aliphatic heterocycles. The molecule has 0 atom stereocenters. The minimum Gasteiger partial charge on any atom is -0.497 e. The summed E-state index contributed by atoms with van der Waals surface area (Å²) in [7, 11) is 1.59. The highest BCUT2D eigenvalue weighted by atomic mass is 35.5. The van der Waals surface area contributed by atoms with Crippen LogP contribution >= 0.6 is 11.6 Å². The van der Waals surface area contributed by atoms with E-state index in [1.807, 2.05) is 19.9 Å². The summed E-state index contributed by atoms with van der Waals surface area (Å²) < 4.78 is 10.6. The number of halogens is 1. The van der Waals surface area contributed by atoms with Gasteiger partial charge in [0, 0.05) is 0 Å². The molecule has 2 aromatic rings. The van der Waals surface area contributed by atoms with Crippen molar-refractivity contribution in [2.24, 2.45) is 0 Å². The van der Waals surface area contributed by atoms with Gasteiger partial charge in [-0.05, 0) is 55.3 Å². The second-order valence-corrected chi connectivity index (χ2v) is 6.44. The zero-order valence-corrected chi connectivity index (χ0v) is 16.4. The van der Waals surface area contributed by atoms with Crippen molar-refractivity contribution in [1.82, 2.24) is 5.32 Å². The molecule has 2 rings (SSSR count). The molecular formula is C20H23ClN2O4. The van der Waals surface area contributed by atoms with Gasteiger partial charge in [-0.15, -0.1) is 0 Å². The topological polar surface area (TPSA) is 76.7 Å². The molecule has 0 fully saturated rings. The molecule has 2 aromatic carbocycles. The maximum absolute atomic E-state index is 12.1. The predicted octanol–water partition coefficient (Wildman–Crippen LogP) is 3.49.